The number of aryl methyl sites for hydroxylation is 2. The molecule has 5 heteroatoms. The van der Waals surface area contributed by atoms with Gasteiger partial charge in [0, 0.05) is 12.4 Å². The van der Waals surface area contributed by atoms with E-state index in [4.69, 9.17) is 4.74 Å². The molecule has 2 heterocycles. The number of amides is 1. The number of anilines is 1. The fraction of sp³-hybridized carbons (Fsp3) is 0.176. The zero-order chi connectivity index (χ0) is 15.7. The first kappa shape index (κ1) is 14.1. The number of hydrogen-bond acceptors (Lipinski definition) is 3. The molecule has 0 atom stereocenters. The molecular formula is C17H17N3O2. The molecule has 0 radical (unpaired) electrons. The molecular weight excluding hydrogens is 278 g/mol. The molecule has 112 valence electrons. The Morgan fingerprint density at radius 3 is 2.86 bits per heavy atom. The van der Waals surface area contributed by atoms with Gasteiger partial charge in [-0.15, -0.1) is 0 Å². The van der Waals surface area contributed by atoms with Crippen LogP contribution in [0.4, 0.5) is 5.69 Å². The second-order valence-electron chi connectivity index (χ2n) is 5.19. The highest BCUT2D eigenvalue weighted by atomic mass is 16.5. The fourth-order valence-corrected chi connectivity index (χ4v) is 2.42. The van der Waals surface area contributed by atoms with Crippen molar-refractivity contribution in [3.05, 3.63) is 59.5 Å². The topological polar surface area (TPSA) is 55.6 Å². The molecule has 0 aliphatic heterocycles. The molecule has 0 aliphatic rings. The quantitative estimate of drug-likeness (QED) is 0.807. The van der Waals surface area contributed by atoms with Gasteiger partial charge in [0.1, 0.15) is 11.4 Å². The highest BCUT2D eigenvalue weighted by molar-refractivity contribution is 6.08. The van der Waals surface area contributed by atoms with Gasteiger partial charge in [-0.1, -0.05) is 6.07 Å². The molecule has 0 saturated carbocycles. The van der Waals surface area contributed by atoms with E-state index in [0.717, 1.165) is 11.3 Å². The number of carbonyl (C=O) groups excluding carboxylic acids is 1. The second-order valence-corrected chi connectivity index (χ2v) is 5.19. The Labute approximate surface area is 128 Å². The largest absolute Gasteiger partial charge is 0.495 e. The van der Waals surface area contributed by atoms with E-state index in [-0.39, 0.29) is 5.91 Å². The highest BCUT2D eigenvalue weighted by Gasteiger charge is 2.14. The summed E-state index contributed by atoms with van der Waals surface area (Å²) in [5, 5.41) is 2.90. The number of imidazole rings is 1. The summed E-state index contributed by atoms with van der Waals surface area (Å²) in [6.07, 6.45) is 3.76. The zero-order valence-electron chi connectivity index (χ0n) is 12.8. The molecule has 0 aliphatic carbocycles. The third kappa shape index (κ3) is 2.53. The minimum absolute atomic E-state index is 0.208. The van der Waals surface area contributed by atoms with Crippen LogP contribution in [0.15, 0.2) is 42.7 Å². The van der Waals surface area contributed by atoms with E-state index in [1.54, 1.807) is 13.2 Å². The first-order valence-corrected chi connectivity index (χ1v) is 6.99. The predicted octanol–water partition coefficient (Wildman–Crippen LogP) is 3.21. The monoisotopic (exact) mass is 295 g/mol. The molecule has 3 aromatic rings. The summed E-state index contributed by atoms with van der Waals surface area (Å²) in [6, 6.07) is 9.25. The van der Waals surface area contributed by atoms with Crippen molar-refractivity contribution in [3.63, 3.8) is 0 Å². The lowest BCUT2D eigenvalue weighted by Gasteiger charge is -2.11. The van der Waals surface area contributed by atoms with Crippen LogP contribution in [0.2, 0.25) is 0 Å². The Kier molecular flexibility index (Phi) is 3.55. The Morgan fingerprint density at radius 2 is 2.09 bits per heavy atom. The number of aromatic nitrogens is 2. The number of nitrogens with zero attached hydrogens (tertiary/aromatic N) is 2. The Balaban J connectivity index is 1.99. The van der Waals surface area contributed by atoms with E-state index in [9.17, 15) is 4.79 Å². The highest BCUT2D eigenvalue weighted by Crippen LogP contribution is 2.26. The molecule has 0 bridgehead atoms. The first-order valence-electron chi connectivity index (χ1n) is 6.99. The Hall–Kier alpha value is -2.82. The number of ether oxygens (including phenoxy) is 1. The minimum atomic E-state index is -0.208. The van der Waals surface area contributed by atoms with Crippen LogP contribution in [0, 0.1) is 13.8 Å². The summed E-state index contributed by atoms with van der Waals surface area (Å²) in [4.78, 5) is 17.0. The maximum absolute atomic E-state index is 12.6. The van der Waals surface area contributed by atoms with Gasteiger partial charge in [-0.2, -0.15) is 0 Å². The standard InChI is InChI=1S/C17H17N3O2/c1-11-6-7-15(22-3)14(9-11)19-17(21)13-5-4-8-20-10-12(2)18-16(13)20/h4-10H,1-3H3,(H,19,21). The van der Waals surface area contributed by atoms with E-state index in [1.807, 2.05) is 54.9 Å². The molecule has 0 fully saturated rings. The average Bonchev–Trinajstić information content (AvgIpc) is 2.87. The zero-order valence-corrected chi connectivity index (χ0v) is 12.8. The summed E-state index contributed by atoms with van der Waals surface area (Å²) < 4.78 is 7.14. The third-order valence-corrected chi connectivity index (χ3v) is 3.45. The first-order chi connectivity index (χ1) is 10.6. The molecule has 1 amide bonds. The van der Waals surface area contributed by atoms with Crippen LogP contribution in [0.25, 0.3) is 5.65 Å². The van der Waals surface area contributed by atoms with Gasteiger partial charge in [-0.3, -0.25) is 4.79 Å². The van der Waals surface area contributed by atoms with Gasteiger partial charge < -0.3 is 14.5 Å². The Morgan fingerprint density at radius 1 is 1.27 bits per heavy atom. The van der Waals surface area contributed by atoms with Gasteiger partial charge in [0.15, 0.2) is 0 Å². The number of methoxy groups -OCH3 is 1. The molecule has 5 nitrogen and oxygen atoms in total. The van der Waals surface area contributed by atoms with Crippen LogP contribution >= 0.6 is 0 Å². The van der Waals surface area contributed by atoms with Gasteiger partial charge in [0.05, 0.1) is 24.1 Å². The Bertz CT molecular complexity index is 852. The van der Waals surface area contributed by atoms with Crippen molar-refractivity contribution in [2.75, 3.05) is 12.4 Å². The summed E-state index contributed by atoms with van der Waals surface area (Å²) in [7, 11) is 1.58. The number of carbonyl (C=O) groups is 1. The van der Waals surface area contributed by atoms with Gasteiger partial charge in [-0.25, -0.2) is 4.98 Å². The molecule has 0 saturated heterocycles. The smallest absolute Gasteiger partial charge is 0.259 e. The van der Waals surface area contributed by atoms with Gasteiger partial charge in [0.25, 0.3) is 5.91 Å². The van der Waals surface area contributed by atoms with E-state index < -0.39 is 0 Å². The van der Waals surface area contributed by atoms with E-state index >= 15 is 0 Å². The molecule has 2 aromatic heterocycles. The molecule has 3 rings (SSSR count). The number of nitrogens with one attached hydrogen (secondary N) is 1. The molecule has 0 spiro atoms. The fourth-order valence-electron chi connectivity index (χ4n) is 2.42. The molecule has 22 heavy (non-hydrogen) atoms. The van der Waals surface area contributed by atoms with Crippen molar-refractivity contribution in [2.45, 2.75) is 13.8 Å². The van der Waals surface area contributed by atoms with Crippen molar-refractivity contribution < 1.29 is 9.53 Å². The maximum atomic E-state index is 12.6. The van der Waals surface area contributed by atoms with Crippen molar-refractivity contribution in [2.24, 2.45) is 0 Å². The van der Waals surface area contributed by atoms with Crippen LogP contribution in [-0.2, 0) is 0 Å². The summed E-state index contributed by atoms with van der Waals surface area (Å²) in [6.45, 7) is 3.87. The van der Waals surface area contributed by atoms with Crippen LogP contribution in [0.1, 0.15) is 21.6 Å². The van der Waals surface area contributed by atoms with Gasteiger partial charge in [-0.05, 0) is 43.7 Å². The number of rotatable bonds is 3. The van der Waals surface area contributed by atoms with E-state index in [0.29, 0.717) is 22.6 Å². The predicted molar refractivity (Wildman–Crippen MR) is 85.6 cm³/mol. The van der Waals surface area contributed by atoms with Crippen molar-refractivity contribution in [1.82, 2.24) is 9.38 Å². The van der Waals surface area contributed by atoms with Crippen LogP contribution in [-0.4, -0.2) is 22.4 Å². The normalized spacial score (nSPS) is 10.7. The van der Waals surface area contributed by atoms with Crippen LogP contribution in [0.5, 0.6) is 5.75 Å². The van der Waals surface area contributed by atoms with E-state index in [1.165, 1.54) is 0 Å². The molecule has 1 N–H and O–H groups in total. The SMILES string of the molecule is COc1ccc(C)cc1NC(=O)c1cccn2cc(C)nc12. The van der Waals surface area contributed by atoms with E-state index in [2.05, 4.69) is 10.3 Å². The minimum Gasteiger partial charge on any atom is -0.495 e. The van der Waals surface area contributed by atoms with Crippen molar-refractivity contribution >= 4 is 17.2 Å². The molecule has 0 unspecified atom stereocenters. The van der Waals surface area contributed by atoms with Gasteiger partial charge >= 0.3 is 0 Å². The lowest BCUT2D eigenvalue weighted by Crippen LogP contribution is -2.14. The summed E-state index contributed by atoms with van der Waals surface area (Å²) in [5.41, 5.74) is 3.74. The number of fused-ring (bicyclic) bond motifs is 1. The number of benzene rings is 1. The molecule has 1 aromatic carbocycles. The van der Waals surface area contributed by atoms with Crippen LogP contribution in [0.3, 0.4) is 0 Å². The lowest BCUT2D eigenvalue weighted by atomic mass is 10.2. The van der Waals surface area contributed by atoms with Crippen molar-refractivity contribution in [1.29, 1.82) is 0 Å². The third-order valence-electron chi connectivity index (χ3n) is 3.45. The lowest BCUT2D eigenvalue weighted by molar-refractivity contribution is 0.102. The number of pyridine rings is 1. The average molecular weight is 295 g/mol. The summed E-state index contributed by atoms with van der Waals surface area (Å²) in [5.74, 6) is 0.422. The van der Waals surface area contributed by atoms with Gasteiger partial charge in [0.2, 0.25) is 0 Å². The number of hydrogen-bond donors (Lipinski definition) is 1. The maximum Gasteiger partial charge on any atom is 0.259 e. The second kappa shape index (κ2) is 5.52. The van der Waals surface area contributed by atoms with Crippen molar-refractivity contribution in [3.8, 4) is 5.75 Å². The summed E-state index contributed by atoms with van der Waals surface area (Å²) >= 11 is 0. The van der Waals surface area contributed by atoms with Crippen LogP contribution < -0.4 is 10.1 Å².